The topological polar surface area (TPSA) is 162 Å². The molecule has 0 radical (unpaired) electrons. The van der Waals surface area contributed by atoms with Crippen LogP contribution < -0.4 is 10.6 Å². The Morgan fingerprint density at radius 3 is 2.32 bits per heavy atom. The summed E-state index contributed by atoms with van der Waals surface area (Å²) in [4.78, 5) is 46.7. The quantitative estimate of drug-likeness (QED) is 0.289. The number of carbonyl (C=O) groups is 4. The largest absolute Gasteiger partial charge is 0.504 e. The number of carboxylic acids is 1. The Morgan fingerprint density at radius 2 is 1.82 bits per heavy atom. The number of carbonyl (C=O) groups excluding carboxylic acids is 3. The Morgan fingerprint density at radius 1 is 1.18 bits per heavy atom. The van der Waals surface area contributed by atoms with Gasteiger partial charge in [0.25, 0.3) is 0 Å². The van der Waals surface area contributed by atoms with Gasteiger partial charge in [-0.1, -0.05) is 6.07 Å². The van der Waals surface area contributed by atoms with Crippen molar-refractivity contribution in [1.29, 1.82) is 0 Å². The van der Waals surface area contributed by atoms with Crippen LogP contribution in [0.4, 0.5) is 0 Å². The van der Waals surface area contributed by atoms with Crippen molar-refractivity contribution < 1.29 is 39.2 Å². The van der Waals surface area contributed by atoms with Crippen LogP contribution in [0.2, 0.25) is 0 Å². The van der Waals surface area contributed by atoms with E-state index in [-0.39, 0.29) is 30.8 Å². The van der Waals surface area contributed by atoms with Gasteiger partial charge >= 0.3 is 11.9 Å². The van der Waals surface area contributed by atoms with Gasteiger partial charge < -0.3 is 30.7 Å². The summed E-state index contributed by atoms with van der Waals surface area (Å²) in [6.45, 7) is 2.58. The molecule has 0 saturated carbocycles. The standard InChI is InChI=1S/C18H24N2O8/c1-10(21)19-12(16(25)26)5-7-15(24)20-18(2,17(27)28-3)9-11-4-6-13(22)14(23)8-11/h4,6,8,12,22-23H,5,7,9H2,1-3H3,(H,19,21)(H,20,24)(H,25,26). The molecular weight excluding hydrogens is 372 g/mol. The summed E-state index contributed by atoms with van der Waals surface area (Å²) < 4.78 is 4.74. The minimum atomic E-state index is -1.50. The Hall–Kier alpha value is -3.30. The molecule has 0 fully saturated rings. The van der Waals surface area contributed by atoms with Crippen LogP contribution in [-0.4, -0.2) is 57.8 Å². The summed E-state index contributed by atoms with van der Waals surface area (Å²) in [6.07, 6.45) is -0.476. The number of methoxy groups -OCH3 is 1. The molecule has 0 saturated heterocycles. The third kappa shape index (κ3) is 6.45. The molecule has 154 valence electrons. The average Bonchev–Trinajstić information content (AvgIpc) is 2.60. The second-order valence-corrected chi connectivity index (χ2v) is 6.50. The molecule has 10 nitrogen and oxygen atoms in total. The highest BCUT2D eigenvalue weighted by Gasteiger charge is 2.36. The van der Waals surface area contributed by atoms with Crippen molar-refractivity contribution in [3.05, 3.63) is 23.8 Å². The molecule has 2 atom stereocenters. The van der Waals surface area contributed by atoms with Crippen LogP contribution in [0.3, 0.4) is 0 Å². The number of ether oxygens (including phenoxy) is 1. The van der Waals surface area contributed by atoms with Crippen LogP contribution in [0.15, 0.2) is 18.2 Å². The minimum absolute atomic E-state index is 0.0483. The van der Waals surface area contributed by atoms with E-state index in [2.05, 4.69) is 10.6 Å². The SMILES string of the molecule is COC(=O)C(C)(Cc1ccc(O)c(O)c1)NC(=O)CCC(NC(C)=O)C(=O)O. The molecule has 2 amide bonds. The first-order valence-electron chi connectivity index (χ1n) is 8.38. The predicted octanol–water partition coefficient (Wildman–Crippen LogP) is 0.0577. The van der Waals surface area contributed by atoms with Gasteiger partial charge in [-0.05, 0) is 31.0 Å². The Bertz CT molecular complexity index is 764. The molecule has 0 aromatic heterocycles. The number of benzene rings is 1. The second-order valence-electron chi connectivity index (χ2n) is 6.50. The molecule has 0 bridgehead atoms. The Labute approximate surface area is 161 Å². The van der Waals surface area contributed by atoms with Gasteiger partial charge in [0.2, 0.25) is 11.8 Å². The van der Waals surface area contributed by atoms with Crippen LogP contribution in [-0.2, 0) is 30.3 Å². The zero-order chi connectivity index (χ0) is 21.5. The number of hydrogen-bond donors (Lipinski definition) is 5. The van der Waals surface area contributed by atoms with Crippen molar-refractivity contribution in [1.82, 2.24) is 10.6 Å². The van der Waals surface area contributed by atoms with Gasteiger partial charge in [0, 0.05) is 19.8 Å². The number of phenols is 2. The van der Waals surface area contributed by atoms with E-state index in [0.717, 1.165) is 14.0 Å². The lowest BCUT2D eigenvalue weighted by Gasteiger charge is -2.28. The first-order valence-corrected chi connectivity index (χ1v) is 8.38. The number of aromatic hydroxyl groups is 2. The number of phenolic OH excluding ortho intramolecular Hbond substituents is 2. The monoisotopic (exact) mass is 396 g/mol. The van der Waals surface area contributed by atoms with Gasteiger partial charge in [-0.15, -0.1) is 0 Å². The molecule has 0 heterocycles. The Kier molecular flexibility index (Phi) is 7.78. The van der Waals surface area contributed by atoms with E-state index >= 15 is 0 Å². The first kappa shape index (κ1) is 22.7. The third-order valence-electron chi connectivity index (χ3n) is 3.98. The van der Waals surface area contributed by atoms with Crippen molar-refractivity contribution in [2.45, 2.75) is 44.7 Å². The van der Waals surface area contributed by atoms with Crippen LogP contribution in [0.1, 0.15) is 32.3 Å². The maximum absolute atomic E-state index is 12.3. The molecule has 0 aliphatic carbocycles. The van der Waals surface area contributed by atoms with Crippen LogP contribution in [0.25, 0.3) is 0 Å². The summed E-state index contributed by atoms with van der Waals surface area (Å²) in [7, 11) is 1.15. The smallest absolute Gasteiger partial charge is 0.331 e. The van der Waals surface area contributed by atoms with Gasteiger partial charge in [-0.3, -0.25) is 9.59 Å². The van der Waals surface area contributed by atoms with Gasteiger partial charge in [0.15, 0.2) is 11.5 Å². The highest BCUT2D eigenvalue weighted by atomic mass is 16.5. The van der Waals surface area contributed by atoms with Crippen molar-refractivity contribution in [2.24, 2.45) is 0 Å². The fraction of sp³-hybridized carbons (Fsp3) is 0.444. The fourth-order valence-electron chi connectivity index (χ4n) is 2.63. The molecule has 10 heteroatoms. The highest BCUT2D eigenvalue weighted by Crippen LogP contribution is 2.27. The second kappa shape index (κ2) is 9.58. The number of amides is 2. The molecule has 1 aromatic rings. The van der Waals surface area contributed by atoms with Crippen molar-refractivity contribution in [3.8, 4) is 11.5 Å². The van der Waals surface area contributed by atoms with Crippen LogP contribution >= 0.6 is 0 Å². The molecule has 0 aliphatic heterocycles. The highest BCUT2D eigenvalue weighted by molar-refractivity contribution is 5.88. The number of rotatable bonds is 9. The van der Waals surface area contributed by atoms with Crippen LogP contribution in [0, 0.1) is 0 Å². The fourth-order valence-corrected chi connectivity index (χ4v) is 2.63. The van der Waals surface area contributed by atoms with Crippen molar-refractivity contribution in [2.75, 3.05) is 7.11 Å². The number of carboxylic acid groups (broad SMARTS) is 1. The van der Waals surface area contributed by atoms with Gasteiger partial charge in [0.1, 0.15) is 11.6 Å². The van der Waals surface area contributed by atoms with Crippen LogP contribution in [0.5, 0.6) is 11.5 Å². The zero-order valence-corrected chi connectivity index (χ0v) is 15.8. The lowest BCUT2D eigenvalue weighted by Crippen LogP contribution is -2.54. The zero-order valence-electron chi connectivity index (χ0n) is 15.8. The third-order valence-corrected chi connectivity index (χ3v) is 3.98. The molecular formula is C18H24N2O8. The number of hydrogen-bond acceptors (Lipinski definition) is 7. The first-order chi connectivity index (χ1) is 13.0. The molecule has 1 aromatic carbocycles. The molecule has 0 spiro atoms. The maximum Gasteiger partial charge on any atom is 0.331 e. The normalized spacial score (nSPS) is 13.7. The van der Waals surface area contributed by atoms with Gasteiger partial charge in [-0.2, -0.15) is 0 Å². The van der Waals surface area contributed by atoms with E-state index in [0.29, 0.717) is 5.56 Å². The lowest BCUT2D eigenvalue weighted by molar-refractivity contribution is -0.150. The van der Waals surface area contributed by atoms with E-state index in [1.165, 1.54) is 25.1 Å². The van der Waals surface area contributed by atoms with E-state index in [9.17, 15) is 29.4 Å². The minimum Gasteiger partial charge on any atom is -0.504 e. The average molecular weight is 396 g/mol. The Balaban J connectivity index is 2.88. The van der Waals surface area contributed by atoms with Gasteiger partial charge in [-0.25, -0.2) is 9.59 Å². The summed E-state index contributed by atoms with van der Waals surface area (Å²) in [5.41, 5.74) is -1.05. The molecule has 0 aliphatic rings. The molecule has 2 unspecified atom stereocenters. The number of esters is 1. The molecule has 28 heavy (non-hydrogen) atoms. The van der Waals surface area contributed by atoms with Crippen molar-refractivity contribution in [3.63, 3.8) is 0 Å². The summed E-state index contributed by atoms with van der Waals surface area (Å²) in [5.74, 6) is -3.89. The lowest BCUT2D eigenvalue weighted by atomic mass is 9.92. The molecule has 5 N–H and O–H groups in total. The van der Waals surface area contributed by atoms with E-state index in [4.69, 9.17) is 9.84 Å². The van der Waals surface area contributed by atoms with E-state index in [1.807, 2.05) is 0 Å². The number of aliphatic carboxylic acids is 1. The maximum atomic E-state index is 12.3. The summed E-state index contributed by atoms with van der Waals surface area (Å²) in [5, 5.41) is 32.8. The van der Waals surface area contributed by atoms with Gasteiger partial charge in [0.05, 0.1) is 7.11 Å². The van der Waals surface area contributed by atoms with E-state index < -0.39 is 35.3 Å². The van der Waals surface area contributed by atoms with Crippen molar-refractivity contribution >= 4 is 23.8 Å². The molecule has 1 rings (SSSR count). The summed E-state index contributed by atoms with van der Waals surface area (Å²) >= 11 is 0. The predicted molar refractivity (Wildman–Crippen MR) is 96.5 cm³/mol. The van der Waals surface area contributed by atoms with E-state index in [1.54, 1.807) is 0 Å². The number of nitrogens with one attached hydrogen (secondary N) is 2. The summed E-state index contributed by atoms with van der Waals surface area (Å²) in [6, 6.07) is 2.73.